The van der Waals surface area contributed by atoms with Crippen LogP contribution in [0, 0.1) is 10.1 Å². The largest absolute Gasteiger partial charge is 0.396 e. The van der Waals surface area contributed by atoms with E-state index in [1.807, 2.05) is 0 Å². The van der Waals surface area contributed by atoms with E-state index in [9.17, 15) is 10.1 Å². The van der Waals surface area contributed by atoms with E-state index < -0.39 is 4.92 Å². The number of nitro groups is 1. The fourth-order valence-electron chi connectivity index (χ4n) is 1.01. The second kappa shape index (κ2) is 5.06. The number of anilines is 1. The fraction of sp³-hybridized carbons (Fsp3) is 0.222. The third kappa shape index (κ3) is 3.03. The highest BCUT2D eigenvalue weighted by Gasteiger charge is 2.11. The van der Waals surface area contributed by atoms with Gasteiger partial charge in [-0.05, 0) is 12.0 Å². The van der Waals surface area contributed by atoms with Crippen LogP contribution >= 0.6 is 0 Å². The molecule has 1 aromatic rings. The van der Waals surface area contributed by atoms with Crippen LogP contribution in [0.1, 0.15) is 12.0 Å². The maximum absolute atomic E-state index is 10.5. The Morgan fingerprint density at radius 1 is 1.67 bits per heavy atom. The zero-order chi connectivity index (χ0) is 11.3. The lowest BCUT2D eigenvalue weighted by atomic mass is 10.2. The van der Waals surface area contributed by atoms with Gasteiger partial charge in [0.15, 0.2) is 0 Å². The molecule has 0 fully saturated rings. The molecule has 6 nitrogen and oxygen atoms in total. The Balaban J connectivity index is 2.92. The van der Waals surface area contributed by atoms with E-state index in [1.165, 1.54) is 12.3 Å². The van der Waals surface area contributed by atoms with Crippen molar-refractivity contribution in [1.82, 2.24) is 4.98 Å². The van der Waals surface area contributed by atoms with Crippen molar-refractivity contribution in [2.24, 2.45) is 0 Å². The molecule has 0 saturated heterocycles. The lowest BCUT2D eigenvalue weighted by Gasteiger charge is -1.97. The van der Waals surface area contributed by atoms with Gasteiger partial charge in [-0.2, -0.15) is 0 Å². The van der Waals surface area contributed by atoms with Gasteiger partial charge in [0.05, 0.1) is 4.92 Å². The van der Waals surface area contributed by atoms with Crippen molar-refractivity contribution in [3.05, 3.63) is 34.0 Å². The number of hydrogen-bond acceptors (Lipinski definition) is 5. The van der Waals surface area contributed by atoms with Crippen molar-refractivity contribution < 1.29 is 10.0 Å². The molecule has 80 valence electrons. The minimum Gasteiger partial charge on any atom is -0.396 e. The molecule has 1 heterocycles. The Bertz CT molecular complexity index is 390. The van der Waals surface area contributed by atoms with E-state index in [4.69, 9.17) is 10.8 Å². The molecule has 0 atom stereocenters. The first-order valence-electron chi connectivity index (χ1n) is 4.32. The second-order valence-electron chi connectivity index (χ2n) is 2.84. The number of nitrogen functional groups attached to an aromatic ring is 1. The molecule has 0 radical (unpaired) electrons. The van der Waals surface area contributed by atoms with E-state index in [1.54, 1.807) is 12.2 Å². The molecule has 0 aliphatic heterocycles. The zero-order valence-electron chi connectivity index (χ0n) is 7.96. The molecule has 0 saturated carbocycles. The summed E-state index contributed by atoms with van der Waals surface area (Å²) in [5.74, 6) is -0.0979. The molecule has 0 unspecified atom stereocenters. The average Bonchev–Trinajstić information content (AvgIpc) is 2.20. The Kier molecular flexibility index (Phi) is 3.75. The van der Waals surface area contributed by atoms with Gasteiger partial charge in [-0.3, -0.25) is 10.1 Å². The average molecular weight is 209 g/mol. The summed E-state index contributed by atoms with van der Waals surface area (Å²) in [6, 6.07) is 1.34. The van der Waals surface area contributed by atoms with Crippen LogP contribution in [0.3, 0.4) is 0 Å². The van der Waals surface area contributed by atoms with Crippen LogP contribution in [0.25, 0.3) is 6.08 Å². The molecular weight excluding hydrogens is 198 g/mol. The molecule has 0 bridgehead atoms. The molecule has 3 N–H and O–H groups in total. The molecule has 1 aromatic heterocycles. The van der Waals surface area contributed by atoms with Crippen molar-refractivity contribution in [3.63, 3.8) is 0 Å². The number of aromatic nitrogens is 1. The van der Waals surface area contributed by atoms with Crippen molar-refractivity contribution in [2.45, 2.75) is 6.42 Å². The smallest absolute Gasteiger partial charge is 0.311 e. The van der Waals surface area contributed by atoms with Crippen LogP contribution in [0.5, 0.6) is 0 Å². The first kappa shape index (κ1) is 11.1. The number of pyridine rings is 1. The number of aliphatic hydroxyl groups excluding tert-OH is 1. The topological polar surface area (TPSA) is 102 Å². The molecule has 0 aliphatic carbocycles. The minimum atomic E-state index is -0.578. The van der Waals surface area contributed by atoms with Gasteiger partial charge in [0, 0.05) is 18.9 Å². The van der Waals surface area contributed by atoms with Gasteiger partial charge in [0.1, 0.15) is 0 Å². The molecule has 0 aliphatic rings. The van der Waals surface area contributed by atoms with Crippen molar-refractivity contribution in [1.29, 1.82) is 0 Å². The van der Waals surface area contributed by atoms with Crippen molar-refractivity contribution in [3.8, 4) is 0 Å². The van der Waals surface area contributed by atoms with Crippen molar-refractivity contribution in [2.75, 3.05) is 12.3 Å². The Morgan fingerprint density at radius 3 is 3.00 bits per heavy atom. The zero-order valence-corrected chi connectivity index (χ0v) is 7.96. The van der Waals surface area contributed by atoms with Gasteiger partial charge >= 0.3 is 5.69 Å². The van der Waals surface area contributed by atoms with Gasteiger partial charge in [-0.25, -0.2) is 4.98 Å². The fourth-order valence-corrected chi connectivity index (χ4v) is 1.01. The molecule has 0 spiro atoms. The summed E-state index contributed by atoms with van der Waals surface area (Å²) < 4.78 is 0. The summed E-state index contributed by atoms with van der Waals surface area (Å²) in [6.07, 6.45) is 5.29. The van der Waals surface area contributed by atoms with Gasteiger partial charge in [-0.15, -0.1) is 0 Å². The number of aliphatic hydroxyl groups is 1. The first-order chi connectivity index (χ1) is 7.15. The lowest BCUT2D eigenvalue weighted by Crippen LogP contribution is -1.98. The van der Waals surface area contributed by atoms with E-state index in [0.29, 0.717) is 12.0 Å². The SMILES string of the molecule is Nc1ncc(C=CCCO)cc1[N+](=O)[O-]. The third-order valence-corrected chi connectivity index (χ3v) is 1.72. The summed E-state index contributed by atoms with van der Waals surface area (Å²) in [7, 11) is 0. The summed E-state index contributed by atoms with van der Waals surface area (Å²) in [4.78, 5) is 13.6. The molecule has 1 rings (SSSR count). The van der Waals surface area contributed by atoms with E-state index in [0.717, 1.165) is 0 Å². The normalized spacial score (nSPS) is 10.7. The number of nitrogens with two attached hydrogens (primary N) is 1. The summed E-state index contributed by atoms with van der Waals surface area (Å²) in [6.45, 7) is 0.0427. The summed E-state index contributed by atoms with van der Waals surface area (Å²) >= 11 is 0. The maximum Gasteiger partial charge on any atom is 0.311 e. The Morgan fingerprint density at radius 2 is 2.40 bits per heavy atom. The Hall–Kier alpha value is -1.95. The standard InChI is InChI=1S/C9H11N3O3/c10-9-8(12(14)15)5-7(6-11-9)3-1-2-4-13/h1,3,5-6,13H,2,4H2,(H2,10,11). The van der Waals surface area contributed by atoms with Gasteiger partial charge in [-0.1, -0.05) is 12.2 Å². The predicted molar refractivity (Wildman–Crippen MR) is 56.0 cm³/mol. The highest BCUT2D eigenvalue weighted by molar-refractivity contribution is 5.60. The number of hydrogen-bond donors (Lipinski definition) is 2. The maximum atomic E-state index is 10.5. The Labute approximate surface area is 86.2 Å². The first-order valence-corrected chi connectivity index (χ1v) is 4.32. The van der Waals surface area contributed by atoms with Gasteiger partial charge in [0.25, 0.3) is 0 Å². The molecule has 6 heteroatoms. The summed E-state index contributed by atoms with van der Waals surface area (Å²) in [5, 5.41) is 19.1. The van der Waals surface area contributed by atoms with Crippen LogP contribution in [0.4, 0.5) is 11.5 Å². The molecular formula is C9H11N3O3. The van der Waals surface area contributed by atoms with Crippen LogP contribution in [-0.2, 0) is 0 Å². The summed E-state index contributed by atoms with van der Waals surface area (Å²) in [5.41, 5.74) is 5.71. The van der Waals surface area contributed by atoms with E-state index in [2.05, 4.69) is 4.98 Å². The van der Waals surface area contributed by atoms with E-state index in [-0.39, 0.29) is 18.1 Å². The number of rotatable bonds is 4. The van der Waals surface area contributed by atoms with Crippen LogP contribution in [-0.4, -0.2) is 21.6 Å². The monoisotopic (exact) mass is 209 g/mol. The van der Waals surface area contributed by atoms with Crippen LogP contribution < -0.4 is 5.73 Å². The second-order valence-corrected chi connectivity index (χ2v) is 2.84. The van der Waals surface area contributed by atoms with Gasteiger partial charge < -0.3 is 10.8 Å². The van der Waals surface area contributed by atoms with E-state index >= 15 is 0 Å². The highest BCUT2D eigenvalue weighted by atomic mass is 16.6. The minimum absolute atomic E-state index is 0.0427. The molecule has 0 amide bonds. The van der Waals surface area contributed by atoms with Crippen LogP contribution in [0.2, 0.25) is 0 Å². The van der Waals surface area contributed by atoms with Gasteiger partial charge in [0.2, 0.25) is 5.82 Å². The highest BCUT2D eigenvalue weighted by Crippen LogP contribution is 2.20. The predicted octanol–water partition coefficient (Wildman–Crippen LogP) is 0.968. The van der Waals surface area contributed by atoms with Crippen molar-refractivity contribution >= 4 is 17.6 Å². The molecule has 0 aromatic carbocycles. The quantitative estimate of drug-likeness (QED) is 0.568. The molecule has 15 heavy (non-hydrogen) atoms. The third-order valence-electron chi connectivity index (χ3n) is 1.72. The van der Waals surface area contributed by atoms with Crippen LogP contribution in [0.15, 0.2) is 18.3 Å². The number of nitrogens with zero attached hydrogens (tertiary/aromatic N) is 2. The lowest BCUT2D eigenvalue weighted by molar-refractivity contribution is -0.384.